The zero-order valence-electron chi connectivity index (χ0n) is 15.1. The first-order chi connectivity index (χ1) is 14.1. The first-order valence-electron chi connectivity index (χ1n) is 8.42. The fourth-order valence-corrected chi connectivity index (χ4v) is 3.42. The number of hydrogen-bond donors (Lipinski definition) is 2. The van der Waals surface area contributed by atoms with Gasteiger partial charge in [0.05, 0.1) is 17.7 Å². The van der Waals surface area contributed by atoms with Gasteiger partial charge in [0.2, 0.25) is 10.0 Å². The largest absolute Gasteiger partial charge is 0.573 e. The molecule has 0 bridgehead atoms. The number of amides is 1. The number of benzene rings is 2. The summed E-state index contributed by atoms with van der Waals surface area (Å²) >= 11 is 0. The molecule has 0 spiro atoms. The second-order valence-corrected chi connectivity index (χ2v) is 7.73. The number of carbonyl (C=O) groups excluding carboxylic acids is 1. The van der Waals surface area contributed by atoms with E-state index in [4.69, 9.17) is 4.42 Å². The van der Waals surface area contributed by atoms with Crippen molar-refractivity contribution < 1.29 is 35.5 Å². The summed E-state index contributed by atoms with van der Waals surface area (Å²) in [5.41, 5.74) is 0.195. The van der Waals surface area contributed by atoms with Gasteiger partial charge in [0, 0.05) is 17.3 Å². The van der Waals surface area contributed by atoms with Crippen molar-refractivity contribution in [3.8, 4) is 5.75 Å². The second-order valence-electron chi connectivity index (χ2n) is 5.96. The van der Waals surface area contributed by atoms with Crippen molar-refractivity contribution in [1.29, 1.82) is 0 Å². The molecule has 0 saturated heterocycles. The lowest BCUT2D eigenvalue weighted by Crippen LogP contribution is -2.23. The van der Waals surface area contributed by atoms with Crippen LogP contribution in [0.15, 0.2) is 76.2 Å². The van der Waals surface area contributed by atoms with Crippen LogP contribution < -0.4 is 14.8 Å². The van der Waals surface area contributed by atoms with E-state index in [2.05, 4.69) is 14.8 Å². The summed E-state index contributed by atoms with van der Waals surface area (Å²) in [6, 6.07) is 13.1. The van der Waals surface area contributed by atoms with E-state index in [1.807, 2.05) is 0 Å². The number of carbonyl (C=O) groups is 1. The molecule has 2 N–H and O–H groups in total. The van der Waals surface area contributed by atoms with Gasteiger partial charge in [0.1, 0.15) is 11.5 Å². The van der Waals surface area contributed by atoms with Gasteiger partial charge < -0.3 is 14.5 Å². The van der Waals surface area contributed by atoms with Crippen LogP contribution in [0.2, 0.25) is 0 Å². The molecule has 0 aliphatic carbocycles. The highest BCUT2D eigenvalue weighted by Crippen LogP contribution is 2.25. The lowest BCUT2D eigenvalue weighted by Gasteiger charge is -2.11. The number of hydrogen-bond acceptors (Lipinski definition) is 5. The Labute approximate surface area is 169 Å². The van der Waals surface area contributed by atoms with Crippen LogP contribution in [0.4, 0.5) is 18.9 Å². The Hall–Kier alpha value is -3.31. The lowest BCUT2D eigenvalue weighted by atomic mass is 10.2. The molecule has 3 aromatic rings. The molecule has 1 aromatic heterocycles. The van der Waals surface area contributed by atoms with Crippen LogP contribution in [0.25, 0.3) is 0 Å². The van der Waals surface area contributed by atoms with Gasteiger partial charge >= 0.3 is 6.36 Å². The molecule has 11 heteroatoms. The number of halogens is 3. The molecule has 3 rings (SSSR count). The van der Waals surface area contributed by atoms with E-state index in [-0.39, 0.29) is 22.7 Å². The molecule has 0 atom stereocenters. The van der Waals surface area contributed by atoms with Gasteiger partial charge in [0.15, 0.2) is 0 Å². The number of alkyl halides is 3. The monoisotopic (exact) mass is 440 g/mol. The van der Waals surface area contributed by atoms with Crippen LogP contribution in [0.1, 0.15) is 16.1 Å². The van der Waals surface area contributed by atoms with E-state index in [0.29, 0.717) is 5.76 Å². The maximum Gasteiger partial charge on any atom is 0.573 e. The van der Waals surface area contributed by atoms with Crippen LogP contribution in [0.5, 0.6) is 5.75 Å². The lowest BCUT2D eigenvalue weighted by molar-refractivity contribution is -0.274. The highest BCUT2D eigenvalue weighted by Gasteiger charge is 2.31. The van der Waals surface area contributed by atoms with E-state index >= 15 is 0 Å². The Morgan fingerprint density at radius 3 is 2.40 bits per heavy atom. The molecule has 1 heterocycles. The molecule has 2 aromatic carbocycles. The molecule has 0 unspecified atom stereocenters. The van der Waals surface area contributed by atoms with Crippen molar-refractivity contribution in [3.05, 3.63) is 78.3 Å². The van der Waals surface area contributed by atoms with Crippen molar-refractivity contribution in [1.82, 2.24) is 4.72 Å². The van der Waals surface area contributed by atoms with Crippen molar-refractivity contribution >= 4 is 21.6 Å². The van der Waals surface area contributed by atoms with Crippen molar-refractivity contribution in [2.45, 2.75) is 17.8 Å². The average Bonchev–Trinajstić information content (AvgIpc) is 3.19. The summed E-state index contributed by atoms with van der Waals surface area (Å²) < 4.78 is 72.7. The first-order valence-corrected chi connectivity index (χ1v) is 9.90. The van der Waals surface area contributed by atoms with E-state index in [9.17, 15) is 26.4 Å². The van der Waals surface area contributed by atoms with Crippen LogP contribution in [0.3, 0.4) is 0 Å². The number of rotatable bonds is 7. The molecule has 158 valence electrons. The van der Waals surface area contributed by atoms with E-state index in [1.165, 1.54) is 42.7 Å². The highest BCUT2D eigenvalue weighted by atomic mass is 32.2. The summed E-state index contributed by atoms with van der Waals surface area (Å²) in [5, 5.41) is 2.42. The van der Waals surface area contributed by atoms with Crippen molar-refractivity contribution in [2.24, 2.45) is 0 Å². The summed E-state index contributed by atoms with van der Waals surface area (Å²) in [7, 11) is -3.83. The number of furan rings is 1. The second kappa shape index (κ2) is 8.59. The Kier molecular flexibility index (Phi) is 6.13. The third-order valence-corrected chi connectivity index (χ3v) is 5.19. The average molecular weight is 440 g/mol. The quantitative estimate of drug-likeness (QED) is 0.581. The fraction of sp³-hybridized carbons (Fsp3) is 0.105. The van der Waals surface area contributed by atoms with Gasteiger partial charge in [-0.3, -0.25) is 4.79 Å². The minimum absolute atomic E-state index is 0.0338. The smallest absolute Gasteiger partial charge is 0.468 e. The maximum atomic E-state index is 12.3. The molecular formula is C19H15F3N2O5S. The van der Waals surface area contributed by atoms with Gasteiger partial charge in [-0.1, -0.05) is 6.07 Å². The first kappa shape index (κ1) is 21.4. The van der Waals surface area contributed by atoms with E-state index in [1.54, 1.807) is 12.1 Å². The molecule has 0 aliphatic rings. The molecular weight excluding hydrogens is 425 g/mol. The Morgan fingerprint density at radius 2 is 1.77 bits per heavy atom. The van der Waals surface area contributed by atoms with E-state index < -0.39 is 28.0 Å². The maximum absolute atomic E-state index is 12.3. The zero-order valence-corrected chi connectivity index (χ0v) is 16.0. The molecule has 7 nitrogen and oxygen atoms in total. The number of sulfonamides is 1. The van der Waals surface area contributed by atoms with E-state index in [0.717, 1.165) is 12.1 Å². The number of anilines is 1. The van der Waals surface area contributed by atoms with Crippen LogP contribution >= 0.6 is 0 Å². The summed E-state index contributed by atoms with van der Waals surface area (Å²) in [4.78, 5) is 12.2. The minimum atomic E-state index is -4.85. The summed E-state index contributed by atoms with van der Waals surface area (Å²) in [5.74, 6) is -0.678. The number of ether oxygens (including phenoxy) is 1. The SMILES string of the molecule is O=C(Nc1cccc(OC(F)(F)F)c1)c1ccc(S(=O)(=O)NCc2ccco2)cc1. The van der Waals surface area contributed by atoms with Crippen molar-refractivity contribution in [3.63, 3.8) is 0 Å². The molecule has 0 aliphatic heterocycles. The topological polar surface area (TPSA) is 97.6 Å². The summed E-state index contributed by atoms with van der Waals surface area (Å²) in [6.45, 7) is -0.0338. The molecule has 30 heavy (non-hydrogen) atoms. The molecule has 1 amide bonds. The fourth-order valence-electron chi connectivity index (χ4n) is 2.42. The standard InChI is InChI=1S/C19H15F3N2O5S/c20-19(21,22)29-15-4-1-3-14(11-15)24-18(25)13-6-8-17(9-7-13)30(26,27)23-12-16-5-2-10-28-16/h1-11,23H,12H2,(H,24,25). The van der Waals surface area contributed by atoms with Crippen LogP contribution in [-0.2, 0) is 16.6 Å². The number of nitrogens with one attached hydrogen (secondary N) is 2. The van der Waals surface area contributed by atoms with Gasteiger partial charge in [-0.25, -0.2) is 13.1 Å². The third-order valence-electron chi connectivity index (χ3n) is 3.77. The minimum Gasteiger partial charge on any atom is -0.468 e. The molecule has 0 saturated carbocycles. The Morgan fingerprint density at radius 1 is 1.03 bits per heavy atom. The molecule has 0 fully saturated rings. The zero-order chi connectivity index (χ0) is 21.8. The molecule has 0 radical (unpaired) electrons. The Balaban J connectivity index is 1.66. The third kappa shape index (κ3) is 5.84. The Bertz CT molecular complexity index is 1110. The van der Waals surface area contributed by atoms with Crippen molar-refractivity contribution in [2.75, 3.05) is 5.32 Å². The summed E-state index contributed by atoms with van der Waals surface area (Å²) in [6.07, 6.45) is -3.43. The van der Waals surface area contributed by atoms with Gasteiger partial charge in [-0.05, 0) is 48.5 Å². The highest BCUT2D eigenvalue weighted by molar-refractivity contribution is 7.89. The van der Waals surface area contributed by atoms with Gasteiger partial charge in [-0.15, -0.1) is 13.2 Å². The predicted molar refractivity (Wildman–Crippen MR) is 100 cm³/mol. The van der Waals surface area contributed by atoms with Gasteiger partial charge in [0.25, 0.3) is 5.91 Å². The van der Waals surface area contributed by atoms with Crippen LogP contribution in [-0.4, -0.2) is 20.7 Å². The van der Waals surface area contributed by atoms with Gasteiger partial charge in [-0.2, -0.15) is 0 Å². The van der Waals surface area contributed by atoms with Crippen LogP contribution in [0, 0.1) is 0 Å². The normalized spacial score (nSPS) is 11.8. The predicted octanol–water partition coefficient (Wildman–Crippen LogP) is 3.91.